The highest BCUT2D eigenvalue weighted by Gasteiger charge is 2.12. The maximum absolute atomic E-state index is 10.7. The highest BCUT2D eigenvalue weighted by molar-refractivity contribution is 5.85. The second-order valence-electron chi connectivity index (χ2n) is 5.08. The van der Waals surface area contributed by atoms with E-state index in [-0.39, 0.29) is 11.8 Å². The van der Waals surface area contributed by atoms with E-state index in [4.69, 9.17) is 4.74 Å². The standard InChI is InChI=1S/C18H15NO3/c1-13(22-16-11-9-15(10-12-16)19(20)21)17-8-4-6-14-5-2-3-7-18(14)17/h2-13H,1H3. The molecule has 0 amide bonds. The van der Waals surface area contributed by atoms with Gasteiger partial charge in [0.15, 0.2) is 0 Å². The molecule has 1 unspecified atom stereocenters. The molecule has 1 atom stereocenters. The summed E-state index contributed by atoms with van der Waals surface area (Å²) < 4.78 is 5.92. The molecule has 0 saturated carbocycles. The summed E-state index contributed by atoms with van der Waals surface area (Å²) in [6.07, 6.45) is -0.146. The predicted molar refractivity (Wildman–Crippen MR) is 86.1 cm³/mol. The van der Waals surface area contributed by atoms with Crippen molar-refractivity contribution in [2.75, 3.05) is 0 Å². The van der Waals surface area contributed by atoms with Crippen molar-refractivity contribution in [3.05, 3.63) is 82.4 Å². The molecule has 0 aliphatic rings. The zero-order chi connectivity index (χ0) is 15.5. The van der Waals surface area contributed by atoms with Gasteiger partial charge in [-0.25, -0.2) is 0 Å². The van der Waals surface area contributed by atoms with Crippen molar-refractivity contribution in [2.45, 2.75) is 13.0 Å². The van der Waals surface area contributed by atoms with Gasteiger partial charge in [0.05, 0.1) is 4.92 Å². The van der Waals surface area contributed by atoms with Gasteiger partial charge >= 0.3 is 0 Å². The molecule has 0 N–H and O–H groups in total. The maximum Gasteiger partial charge on any atom is 0.269 e. The van der Waals surface area contributed by atoms with Crippen LogP contribution in [0, 0.1) is 10.1 Å². The summed E-state index contributed by atoms with van der Waals surface area (Å²) in [5.74, 6) is 0.617. The average molecular weight is 293 g/mol. The molecule has 0 bridgehead atoms. The molecule has 4 nitrogen and oxygen atoms in total. The van der Waals surface area contributed by atoms with Crippen LogP contribution in [-0.2, 0) is 0 Å². The van der Waals surface area contributed by atoms with Crippen LogP contribution in [0.15, 0.2) is 66.7 Å². The van der Waals surface area contributed by atoms with Gasteiger partial charge in [-0.15, -0.1) is 0 Å². The van der Waals surface area contributed by atoms with E-state index in [1.807, 2.05) is 31.2 Å². The average Bonchev–Trinajstić information content (AvgIpc) is 2.54. The number of nitro benzene ring substituents is 1. The minimum atomic E-state index is -0.419. The number of fused-ring (bicyclic) bond motifs is 1. The third-order valence-corrected chi connectivity index (χ3v) is 3.62. The first-order valence-electron chi connectivity index (χ1n) is 7.04. The second kappa shape index (κ2) is 5.85. The normalized spacial score (nSPS) is 12.0. The van der Waals surface area contributed by atoms with Gasteiger partial charge in [-0.1, -0.05) is 42.5 Å². The van der Waals surface area contributed by atoms with E-state index in [9.17, 15) is 10.1 Å². The predicted octanol–water partition coefficient (Wildman–Crippen LogP) is 4.89. The van der Waals surface area contributed by atoms with Crippen LogP contribution in [0.2, 0.25) is 0 Å². The van der Waals surface area contributed by atoms with Gasteiger partial charge in [0.1, 0.15) is 11.9 Å². The van der Waals surface area contributed by atoms with E-state index >= 15 is 0 Å². The van der Waals surface area contributed by atoms with Crippen molar-refractivity contribution in [1.29, 1.82) is 0 Å². The third-order valence-electron chi connectivity index (χ3n) is 3.62. The first kappa shape index (κ1) is 14.1. The lowest BCUT2D eigenvalue weighted by molar-refractivity contribution is -0.384. The Bertz CT molecular complexity index is 807. The quantitative estimate of drug-likeness (QED) is 0.508. The highest BCUT2D eigenvalue weighted by Crippen LogP contribution is 2.28. The molecule has 0 heterocycles. The zero-order valence-electron chi connectivity index (χ0n) is 12.1. The van der Waals surface area contributed by atoms with Crippen LogP contribution in [0.25, 0.3) is 10.8 Å². The maximum atomic E-state index is 10.7. The molecule has 3 rings (SSSR count). The highest BCUT2D eigenvalue weighted by atomic mass is 16.6. The van der Waals surface area contributed by atoms with Crippen molar-refractivity contribution in [2.24, 2.45) is 0 Å². The molecule has 0 aromatic heterocycles. The molecule has 22 heavy (non-hydrogen) atoms. The fourth-order valence-electron chi connectivity index (χ4n) is 2.52. The molecule has 0 aliphatic heterocycles. The minimum absolute atomic E-state index is 0.0603. The minimum Gasteiger partial charge on any atom is -0.486 e. The fraction of sp³-hybridized carbons (Fsp3) is 0.111. The Morgan fingerprint density at radius 1 is 0.955 bits per heavy atom. The summed E-state index contributed by atoms with van der Waals surface area (Å²) in [4.78, 5) is 10.2. The lowest BCUT2D eigenvalue weighted by Gasteiger charge is -2.17. The summed E-state index contributed by atoms with van der Waals surface area (Å²) in [7, 11) is 0. The Hall–Kier alpha value is -2.88. The molecule has 0 aliphatic carbocycles. The van der Waals surface area contributed by atoms with Crippen molar-refractivity contribution in [3.8, 4) is 5.75 Å². The van der Waals surface area contributed by atoms with E-state index in [0.29, 0.717) is 5.75 Å². The summed E-state index contributed by atoms with van der Waals surface area (Å²) in [5, 5.41) is 13.0. The van der Waals surface area contributed by atoms with Crippen LogP contribution in [-0.4, -0.2) is 4.92 Å². The molecular weight excluding hydrogens is 278 g/mol. The number of nitrogens with zero attached hydrogens (tertiary/aromatic N) is 1. The van der Waals surface area contributed by atoms with Gasteiger partial charge in [-0.05, 0) is 35.4 Å². The van der Waals surface area contributed by atoms with Crippen molar-refractivity contribution in [3.63, 3.8) is 0 Å². The van der Waals surface area contributed by atoms with Gasteiger partial charge in [0, 0.05) is 12.1 Å². The topological polar surface area (TPSA) is 52.4 Å². The SMILES string of the molecule is CC(Oc1ccc([N+](=O)[O-])cc1)c1cccc2ccccc12. The molecule has 110 valence electrons. The first-order chi connectivity index (χ1) is 10.6. The van der Waals surface area contributed by atoms with Gasteiger partial charge in [-0.2, -0.15) is 0 Å². The van der Waals surface area contributed by atoms with Gasteiger partial charge in [-0.3, -0.25) is 10.1 Å². The van der Waals surface area contributed by atoms with Gasteiger partial charge < -0.3 is 4.74 Å². The Morgan fingerprint density at radius 3 is 2.36 bits per heavy atom. The van der Waals surface area contributed by atoms with Crippen LogP contribution in [0.1, 0.15) is 18.6 Å². The third kappa shape index (κ3) is 2.76. The molecule has 0 saturated heterocycles. The molecule has 0 fully saturated rings. The van der Waals surface area contributed by atoms with Crippen LogP contribution in [0.5, 0.6) is 5.75 Å². The van der Waals surface area contributed by atoms with Crippen LogP contribution in [0.4, 0.5) is 5.69 Å². The smallest absolute Gasteiger partial charge is 0.269 e. The molecule has 0 radical (unpaired) electrons. The van der Waals surface area contributed by atoms with Gasteiger partial charge in [0.2, 0.25) is 0 Å². The number of benzene rings is 3. The monoisotopic (exact) mass is 293 g/mol. The molecule has 4 heteroatoms. The molecular formula is C18H15NO3. The Labute approximate surface area is 128 Å². The van der Waals surface area contributed by atoms with Crippen molar-refractivity contribution < 1.29 is 9.66 Å². The van der Waals surface area contributed by atoms with Crippen molar-refractivity contribution in [1.82, 2.24) is 0 Å². The lowest BCUT2D eigenvalue weighted by atomic mass is 10.0. The second-order valence-corrected chi connectivity index (χ2v) is 5.08. The summed E-state index contributed by atoms with van der Waals surface area (Å²) >= 11 is 0. The summed E-state index contributed by atoms with van der Waals surface area (Å²) in [6, 6.07) is 20.4. The Kier molecular flexibility index (Phi) is 3.74. The number of hydrogen-bond acceptors (Lipinski definition) is 3. The number of rotatable bonds is 4. The van der Waals surface area contributed by atoms with E-state index in [1.165, 1.54) is 17.5 Å². The number of ether oxygens (including phenoxy) is 1. The summed E-state index contributed by atoms with van der Waals surface area (Å²) in [5.41, 5.74) is 1.15. The number of nitro groups is 1. The largest absolute Gasteiger partial charge is 0.486 e. The van der Waals surface area contributed by atoms with E-state index in [2.05, 4.69) is 18.2 Å². The van der Waals surface area contributed by atoms with E-state index in [0.717, 1.165) is 10.9 Å². The fourth-order valence-corrected chi connectivity index (χ4v) is 2.52. The van der Waals surface area contributed by atoms with Crippen molar-refractivity contribution >= 4 is 16.5 Å². The number of non-ortho nitro benzene ring substituents is 1. The van der Waals surface area contributed by atoms with Crippen LogP contribution < -0.4 is 4.74 Å². The van der Waals surface area contributed by atoms with Crippen LogP contribution >= 0.6 is 0 Å². The Morgan fingerprint density at radius 2 is 1.64 bits per heavy atom. The van der Waals surface area contributed by atoms with E-state index in [1.54, 1.807) is 12.1 Å². The van der Waals surface area contributed by atoms with Gasteiger partial charge in [0.25, 0.3) is 5.69 Å². The van der Waals surface area contributed by atoms with E-state index < -0.39 is 4.92 Å². The lowest BCUT2D eigenvalue weighted by Crippen LogP contribution is -2.03. The Balaban J connectivity index is 1.87. The van der Waals surface area contributed by atoms with Crippen LogP contribution in [0.3, 0.4) is 0 Å². The molecule has 3 aromatic rings. The first-order valence-corrected chi connectivity index (χ1v) is 7.04. The number of hydrogen-bond donors (Lipinski definition) is 0. The molecule has 0 spiro atoms. The molecule has 3 aromatic carbocycles. The summed E-state index contributed by atoms with van der Waals surface area (Å²) in [6.45, 7) is 1.98. The zero-order valence-corrected chi connectivity index (χ0v) is 12.1.